The first-order chi connectivity index (χ1) is 6.65. The number of hydrogen-bond acceptors (Lipinski definition) is 3. The largest absolute Gasteiger partial charge is 0.495 e. The first-order valence-electron chi connectivity index (χ1n) is 3.79. The Morgan fingerprint density at radius 3 is 1.57 bits per heavy atom. The molecule has 78 valence electrons. The van der Waals surface area contributed by atoms with Gasteiger partial charge in [0.05, 0.1) is 21.3 Å². The van der Waals surface area contributed by atoms with Crippen molar-refractivity contribution in [3.05, 3.63) is 16.1 Å². The van der Waals surface area contributed by atoms with Crippen LogP contribution in [0.1, 0.15) is 0 Å². The van der Waals surface area contributed by atoms with E-state index in [1.54, 1.807) is 6.07 Å². The van der Waals surface area contributed by atoms with E-state index in [9.17, 15) is 0 Å². The topological polar surface area (TPSA) is 27.7 Å². The van der Waals surface area contributed by atoms with Crippen LogP contribution in [0, 0.1) is 0 Å². The van der Waals surface area contributed by atoms with Crippen molar-refractivity contribution in [1.82, 2.24) is 0 Å². The summed E-state index contributed by atoms with van der Waals surface area (Å²) in [6.45, 7) is 0. The Bertz CT molecular complexity index is 311. The van der Waals surface area contributed by atoms with E-state index in [1.165, 1.54) is 21.3 Å². The molecule has 0 saturated heterocycles. The highest BCUT2D eigenvalue weighted by Gasteiger charge is 2.17. The van der Waals surface area contributed by atoms with Crippen LogP contribution in [0.5, 0.6) is 17.2 Å². The summed E-state index contributed by atoms with van der Waals surface area (Å²) >= 11 is 11.9. The van der Waals surface area contributed by atoms with Gasteiger partial charge in [-0.1, -0.05) is 23.2 Å². The zero-order chi connectivity index (χ0) is 10.7. The van der Waals surface area contributed by atoms with Crippen molar-refractivity contribution >= 4 is 23.2 Å². The summed E-state index contributed by atoms with van der Waals surface area (Å²) in [5.74, 6) is 1.28. The van der Waals surface area contributed by atoms with Crippen LogP contribution in [-0.4, -0.2) is 21.3 Å². The lowest BCUT2D eigenvalue weighted by atomic mass is 10.3. The quantitative estimate of drug-likeness (QED) is 0.808. The highest BCUT2D eigenvalue weighted by Crippen LogP contribution is 2.45. The average Bonchev–Trinajstić information content (AvgIpc) is 2.19. The molecule has 0 N–H and O–H groups in total. The second-order valence-corrected chi connectivity index (χ2v) is 3.20. The number of hydrogen-bond donors (Lipinski definition) is 0. The van der Waals surface area contributed by atoms with E-state index >= 15 is 0 Å². The van der Waals surface area contributed by atoms with Gasteiger partial charge in [-0.2, -0.15) is 0 Å². The average molecular weight is 237 g/mol. The van der Waals surface area contributed by atoms with Crippen LogP contribution in [0.25, 0.3) is 0 Å². The molecule has 0 radical (unpaired) electrons. The summed E-state index contributed by atoms with van der Waals surface area (Å²) in [5, 5.41) is 0.668. The molecule has 1 aromatic carbocycles. The summed E-state index contributed by atoms with van der Waals surface area (Å²) in [6, 6.07) is 1.60. The van der Waals surface area contributed by atoms with Crippen molar-refractivity contribution in [1.29, 1.82) is 0 Å². The standard InChI is InChI=1S/C9H10Cl2O3/c1-12-5-4-6(13-2)8(11)9(14-3)7(5)10/h4H,1-3H3. The maximum absolute atomic E-state index is 5.95. The summed E-state index contributed by atoms with van der Waals surface area (Å²) in [4.78, 5) is 0. The molecule has 0 aliphatic heterocycles. The third kappa shape index (κ3) is 1.83. The monoisotopic (exact) mass is 236 g/mol. The Balaban J connectivity index is 3.39. The number of benzene rings is 1. The molecule has 0 aromatic heterocycles. The Kier molecular flexibility index (Phi) is 3.72. The van der Waals surface area contributed by atoms with Gasteiger partial charge in [-0.15, -0.1) is 0 Å². The molecule has 1 aromatic rings. The normalized spacial score (nSPS) is 9.79. The van der Waals surface area contributed by atoms with Crippen molar-refractivity contribution < 1.29 is 14.2 Å². The van der Waals surface area contributed by atoms with Crippen molar-refractivity contribution in [2.24, 2.45) is 0 Å². The van der Waals surface area contributed by atoms with Crippen molar-refractivity contribution in [3.8, 4) is 17.2 Å². The van der Waals surface area contributed by atoms with Gasteiger partial charge in [0.1, 0.15) is 21.5 Å². The minimum Gasteiger partial charge on any atom is -0.495 e. The van der Waals surface area contributed by atoms with Crippen LogP contribution < -0.4 is 14.2 Å². The fourth-order valence-electron chi connectivity index (χ4n) is 1.04. The lowest BCUT2D eigenvalue weighted by molar-refractivity contribution is 0.376. The van der Waals surface area contributed by atoms with Crippen LogP contribution in [0.3, 0.4) is 0 Å². The third-order valence-electron chi connectivity index (χ3n) is 1.74. The van der Waals surface area contributed by atoms with Crippen molar-refractivity contribution in [2.75, 3.05) is 21.3 Å². The Hall–Kier alpha value is -0.800. The summed E-state index contributed by atoms with van der Waals surface area (Å²) in [5.41, 5.74) is 0. The minimum absolute atomic E-state index is 0.334. The zero-order valence-corrected chi connectivity index (χ0v) is 9.57. The fourth-order valence-corrected chi connectivity index (χ4v) is 1.70. The second-order valence-electron chi connectivity index (χ2n) is 2.44. The van der Waals surface area contributed by atoms with Gasteiger partial charge >= 0.3 is 0 Å². The molecule has 14 heavy (non-hydrogen) atoms. The van der Waals surface area contributed by atoms with Gasteiger partial charge in [0, 0.05) is 6.07 Å². The van der Waals surface area contributed by atoms with Gasteiger partial charge in [-0.05, 0) is 0 Å². The molecule has 0 atom stereocenters. The SMILES string of the molecule is COc1cc(OC)c(Cl)c(OC)c1Cl. The molecule has 0 bridgehead atoms. The van der Waals surface area contributed by atoms with E-state index in [0.717, 1.165) is 0 Å². The number of rotatable bonds is 3. The maximum atomic E-state index is 5.95. The molecule has 0 unspecified atom stereocenters. The lowest BCUT2D eigenvalue weighted by Gasteiger charge is -2.12. The molecule has 0 fully saturated rings. The summed E-state index contributed by atoms with van der Waals surface area (Å²) in [6.07, 6.45) is 0. The van der Waals surface area contributed by atoms with Crippen LogP contribution in [0.15, 0.2) is 6.07 Å². The van der Waals surface area contributed by atoms with E-state index in [0.29, 0.717) is 27.3 Å². The van der Waals surface area contributed by atoms with Gasteiger partial charge in [-0.3, -0.25) is 0 Å². The smallest absolute Gasteiger partial charge is 0.163 e. The lowest BCUT2D eigenvalue weighted by Crippen LogP contribution is -1.93. The molecule has 1 rings (SSSR count). The van der Waals surface area contributed by atoms with E-state index in [2.05, 4.69) is 0 Å². The fraction of sp³-hybridized carbons (Fsp3) is 0.333. The molecular formula is C9H10Cl2O3. The van der Waals surface area contributed by atoms with E-state index in [4.69, 9.17) is 37.4 Å². The molecular weight excluding hydrogens is 227 g/mol. The third-order valence-corrected chi connectivity index (χ3v) is 2.45. The molecule has 0 aliphatic carbocycles. The molecule has 0 spiro atoms. The summed E-state index contributed by atoms with van der Waals surface area (Å²) < 4.78 is 15.1. The predicted molar refractivity (Wildman–Crippen MR) is 56.1 cm³/mol. The minimum atomic E-state index is 0.334. The van der Waals surface area contributed by atoms with Gasteiger partial charge in [0.2, 0.25) is 0 Å². The van der Waals surface area contributed by atoms with Crippen LogP contribution >= 0.6 is 23.2 Å². The molecule has 5 heteroatoms. The van der Waals surface area contributed by atoms with E-state index in [-0.39, 0.29) is 0 Å². The van der Waals surface area contributed by atoms with Gasteiger partial charge in [0.15, 0.2) is 5.75 Å². The van der Waals surface area contributed by atoms with Gasteiger partial charge < -0.3 is 14.2 Å². The van der Waals surface area contributed by atoms with E-state index < -0.39 is 0 Å². The van der Waals surface area contributed by atoms with Crippen LogP contribution in [-0.2, 0) is 0 Å². The van der Waals surface area contributed by atoms with Crippen LogP contribution in [0.4, 0.5) is 0 Å². The molecule has 3 nitrogen and oxygen atoms in total. The first-order valence-corrected chi connectivity index (χ1v) is 4.55. The summed E-state index contributed by atoms with van der Waals surface area (Å²) in [7, 11) is 4.49. The highest BCUT2D eigenvalue weighted by atomic mass is 35.5. The molecule has 0 heterocycles. The first kappa shape index (κ1) is 11.3. The van der Waals surface area contributed by atoms with E-state index in [1.807, 2.05) is 0 Å². The molecule has 0 aliphatic rings. The van der Waals surface area contributed by atoms with Gasteiger partial charge in [0.25, 0.3) is 0 Å². The number of halogens is 2. The predicted octanol–water partition coefficient (Wildman–Crippen LogP) is 3.02. The Labute approximate surface area is 92.5 Å². The number of methoxy groups -OCH3 is 3. The molecule has 0 amide bonds. The van der Waals surface area contributed by atoms with Crippen molar-refractivity contribution in [3.63, 3.8) is 0 Å². The van der Waals surface area contributed by atoms with Gasteiger partial charge in [-0.25, -0.2) is 0 Å². The second kappa shape index (κ2) is 4.62. The molecule has 0 saturated carbocycles. The van der Waals surface area contributed by atoms with Crippen LogP contribution in [0.2, 0.25) is 10.0 Å². The number of ether oxygens (including phenoxy) is 3. The Morgan fingerprint density at radius 2 is 1.29 bits per heavy atom. The Morgan fingerprint density at radius 1 is 0.857 bits per heavy atom. The highest BCUT2D eigenvalue weighted by molar-refractivity contribution is 6.39. The zero-order valence-electron chi connectivity index (χ0n) is 8.06. The van der Waals surface area contributed by atoms with Crippen molar-refractivity contribution in [2.45, 2.75) is 0 Å². The maximum Gasteiger partial charge on any atom is 0.163 e.